The van der Waals surface area contributed by atoms with Crippen molar-refractivity contribution in [3.05, 3.63) is 11.9 Å². The molecule has 1 atom stereocenters. The zero-order valence-electron chi connectivity index (χ0n) is 9.98. The molecule has 1 saturated heterocycles. The number of nitrogen functional groups attached to an aromatic ring is 1. The Balaban J connectivity index is 2.03. The van der Waals surface area contributed by atoms with Gasteiger partial charge in [0.1, 0.15) is 18.2 Å². The van der Waals surface area contributed by atoms with Crippen LogP contribution < -0.4 is 11.1 Å². The zero-order chi connectivity index (χ0) is 12.1. The maximum Gasteiger partial charge on any atom is 0.158 e. The van der Waals surface area contributed by atoms with Crippen LogP contribution in [0, 0.1) is 0 Å². The summed E-state index contributed by atoms with van der Waals surface area (Å²) in [6.45, 7) is 1.92. The molecular weight excluding hydrogens is 220 g/mol. The Kier molecular flexibility index (Phi) is 4.11. The first-order chi connectivity index (χ1) is 8.28. The molecule has 0 radical (unpaired) electrons. The number of ether oxygens (including phenoxy) is 2. The lowest BCUT2D eigenvalue weighted by molar-refractivity contribution is 0.0875. The van der Waals surface area contributed by atoms with Crippen LogP contribution in [0.25, 0.3) is 0 Å². The van der Waals surface area contributed by atoms with Crippen LogP contribution in [0.5, 0.6) is 0 Å². The lowest BCUT2D eigenvalue weighted by atomic mass is 10.1. The first kappa shape index (κ1) is 12.1. The van der Waals surface area contributed by atoms with E-state index in [-0.39, 0.29) is 0 Å². The van der Waals surface area contributed by atoms with Crippen molar-refractivity contribution < 1.29 is 9.47 Å². The Morgan fingerprint density at radius 2 is 2.47 bits per heavy atom. The summed E-state index contributed by atoms with van der Waals surface area (Å²) in [5.41, 5.74) is 5.72. The van der Waals surface area contributed by atoms with Crippen LogP contribution in [-0.4, -0.2) is 36.3 Å². The molecule has 1 aliphatic heterocycles. The van der Waals surface area contributed by atoms with E-state index >= 15 is 0 Å². The summed E-state index contributed by atoms with van der Waals surface area (Å²) >= 11 is 0. The minimum atomic E-state index is 0.299. The number of methoxy groups -OCH3 is 1. The summed E-state index contributed by atoms with van der Waals surface area (Å²) in [5, 5.41) is 3.31. The van der Waals surface area contributed by atoms with Gasteiger partial charge < -0.3 is 20.5 Å². The molecular formula is C11H18N4O2. The Morgan fingerprint density at radius 3 is 3.18 bits per heavy atom. The predicted molar refractivity (Wildman–Crippen MR) is 64.6 cm³/mol. The van der Waals surface area contributed by atoms with Crippen LogP contribution in [0.4, 0.5) is 11.6 Å². The quantitative estimate of drug-likeness (QED) is 0.807. The standard InChI is InChI=1S/C11H18N4O2/c1-16-7-11-14-9(12)5-10(15-11)13-8-3-2-4-17-6-8/h5,8H,2-4,6-7H2,1H3,(H3,12,13,14,15). The van der Waals surface area contributed by atoms with Gasteiger partial charge in [-0.1, -0.05) is 0 Å². The average Bonchev–Trinajstić information content (AvgIpc) is 2.30. The number of anilines is 2. The molecule has 1 aliphatic rings. The first-order valence-electron chi connectivity index (χ1n) is 5.74. The van der Waals surface area contributed by atoms with E-state index in [2.05, 4.69) is 15.3 Å². The molecule has 0 aromatic carbocycles. The van der Waals surface area contributed by atoms with Crippen molar-refractivity contribution in [3.8, 4) is 0 Å². The highest BCUT2D eigenvalue weighted by Gasteiger charge is 2.14. The summed E-state index contributed by atoms with van der Waals surface area (Å²) in [6.07, 6.45) is 2.16. The largest absolute Gasteiger partial charge is 0.384 e. The van der Waals surface area contributed by atoms with Crippen LogP contribution in [0.15, 0.2) is 6.07 Å². The highest BCUT2D eigenvalue weighted by atomic mass is 16.5. The molecule has 0 aliphatic carbocycles. The van der Waals surface area contributed by atoms with Crippen molar-refractivity contribution >= 4 is 11.6 Å². The van der Waals surface area contributed by atoms with Crippen LogP contribution in [0.1, 0.15) is 18.7 Å². The highest BCUT2D eigenvalue weighted by molar-refractivity contribution is 5.45. The Morgan fingerprint density at radius 1 is 1.59 bits per heavy atom. The van der Waals surface area contributed by atoms with E-state index in [1.165, 1.54) is 0 Å². The lowest BCUT2D eigenvalue weighted by Gasteiger charge is -2.23. The fourth-order valence-corrected chi connectivity index (χ4v) is 1.85. The molecule has 1 aromatic rings. The summed E-state index contributed by atoms with van der Waals surface area (Å²) in [5.74, 6) is 1.78. The van der Waals surface area contributed by atoms with Gasteiger partial charge in [-0.3, -0.25) is 0 Å². The number of nitrogens with one attached hydrogen (secondary N) is 1. The van der Waals surface area contributed by atoms with Gasteiger partial charge in [-0.2, -0.15) is 0 Å². The van der Waals surface area contributed by atoms with Crippen molar-refractivity contribution in [1.29, 1.82) is 0 Å². The van der Waals surface area contributed by atoms with Crippen molar-refractivity contribution in [2.45, 2.75) is 25.5 Å². The normalized spacial score (nSPS) is 20.2. The molecule has 1 aromatic heterocycles. The molecule has 94 valence electrons. The van der Waals surface area contributed by atoms with E-state index in [1.807, 2.05) is 0 Å². The first-order valence-corrected chi connectivity index (χ1v) is 5.74. The van der Waals surface area contributed by atoms with Crippen LogP contribution >= 0.6 is 0 Å². The second-order valence-electron chi connectivity index (χ2n) is 4.09. The van der Waals surface area contributed by atoms with Gasteiger partial charge in [0, 0.05) is 19.8 Å². The third-order valence-electron chi connectivity index (χ3n) is 2.58. The van der Waals surface area contributed by atoms with Gasteiger partial charge in [0.15, 0.2) is 5.82 Å². The van der Waals surface area contributed by atoms with E-state index in [1.54, 1.807) is 13.2 Å². The van der Waals surface area contributed by atoms with Gasteiger partial charge in [-0.05, 0) is 12.8 Å². The maximum absolute atomic E-state index is 5.72. The Labute approximate surface area is 101 Å². The molecule has 3 N–H and O–H groups in total. The van der Waals surface area contributed by atoms with Crippen LogP contribution in [0.2, 0.25) is 0 Å². The molecule has 0 saturated carbocycles. The van der Waals surface area contributed by atoms with Crippen LogP contribution in [0.3, 0.4) is 0 Å². The molecule has 0 amide bonds. The van der Waals surface area contributed by atoms with Crippen molar-refractivity contribution in [1.82, 2.24) is 9.97 Å². The number of hydrogen-bond acceptors (Lipinski definition) is 6. The molecule has 1 fully saturated rings. The maximum atomic E-state index is 5.72. The van der Waals surface area contributed by atoms with E-state index in [9.17, 15) is 0 Å². The van der Waals surface area contributed by atoms with Gasteiger partial charge >= 0.3 is 0 Å². The monoisotopic (exact) mass is 238 g/mol. The van der Waals surface area contributed by atoms with E-state index in [4.69, 9.17) is 15.2 Å². The number of hydrogen-bond donors (Lipinski definition) is 2. The Bertz CT molecular complexity index is 366. The molecule has 6 nitrogen and oxygen atoms in total. The van der Waals surface area contributed by atoms with E-state index in [0.29, 0.717) is 30.9 Å². The number of rotatable bonds is 4. The second-order valence-corrected chi connectivity index (χ2v) is 4.09. The number of aromatic nitrogens is 2. The molecule has 0 bridgehead atoms. The minimum Gasteiger partial charge on any atom is -0.384 e. The molecule has 17 heavy (non-hydrogen) atoms. The third kappa shape index (κ3) is 3.54. The molecule has 6 heteroatoms. The summed E-state index contributed by atoms with van der Waals surface area (Å²) in [6, 6.07) is 2.03. The fourth-order valence-electron chi connectivity index (χ4n) is 1.85. The third-order valence-corrected chi connectivity index (χ3v) is 2.58. The minimum absolute atomic E-state index is 0.299. The molecule has 2 rings (SSSR count). The summed E-state index contributed by atoms with van der Waals surface area (Å²) in [4.78, 5) is 8.42. The van der Waals surface area contributed by atoms with E-state index < -0.39 is 0 Å². The summed E-state index contributed by atoms with van der Waals surface area (Å²) < 4.78 is 10.4. The number of nitrogens with two attached hydrogens (primary N) is 1. The van der Waals surface area contributed by atoms with Crippen molar-refractivity contribution in [2.24, 2.45) is 0 Å². The van der Waals surface area contributed by atoms with Gasteiger partial charge in [0.05, 0.1) is 12.6 Å². The second kappa shape index (κ2) is 5.79. The lowest BCUT2D eigenvalue weighted by Crippen LogP contribution is -2.30. The highest BCUT2D eigenvalue weighted by Crippen LogP contribution is 2.14. The zero-order valence-corrected chi connectivity index (χ0v) is 9.98. The fraction of sp³-hybridized carbons (Fsp3) is 0.636. The Hall–Kier alpha value is -1.40. The SMILES string of the molecule is COCc1nc(N)cc(NC2CCCOC2)n1. The van der Waals surface area contributed by atoms with Gasteiger partial charge in [-0.15, -0.1) is 0 Å². The molecule has 2 heterocycles. The van der Waals surface area contributed by atoms with Crippen LogP contribution in [-0.2, 0) is 16.1 Å². The van der Waals surface area contributed by atoms with Crippen molar-refractivity contribution in [2.75, 3.05) is 31.4 Å². The van der Waals surface area contributed by atoms with Gasteiger partial charge in [0.25, 0.3) is 0 Å². The molecule has 1 unspecified atom stereocenters. The smallest absolute Gasteiger partial charge is 0.158 e. The van der Waals surface area contributed by atoms with Gasteiger partial charge in [-0.25, -0.2) is 9.97 Å². The predicted octanol–water partition coefficient (Wildman–Crippen LogP) is 0.796. The molecule has 0 spiro atoms. The van der Waals surface area contributed by atoms with Gasteiger partial charge in [0.2, 0.25) is 0 Å². The topological polar surface area (TPSA) is 82.3 Å². The number of nitrogens with zero attached hydrogens (tertiary/aromatic N) is 2. The average molecular weight is 238 g/mol. The van der Waals surface area contributed by atoms with Crippen molar-refractivity contribution in [3.63, 3.8) is 0 Å². The summed E-state index contributed by atoms with van der Waals surface area (Å²) in [7, 11) is 1.61. The van der Waals surface area contributed by atoms with E-state index in [0.717, 1.165) is 25.3 Å².